The number of amides is 1. The molecule has 1 amide bonds. The van der Waals surface area contributed by atoms with Gasteiger partial charge in [-0.15, -0.1) is 0 Å². The maximum Gasteiger partial charge on any atom is 0.255 e. The summed E-state index contributed by atoms with van der Waals surface area (Å²) in [6.07, 6.45) is 1.28. The fraction of sp³-hybridized carbons (Fsp3) is 0.222. The van der Waals surface area contributed by atoms with Crippen LogP contribution in [0.5, 0.6) is 5.75 Å². The molecule has 3 aliphatic carbocycles. The Hall–Kier alpha value is -4.21. The SMILES string of the molecule is NC(=O)C1=C(O)[C@@]2(O)C(=O)C3=C(O)c4c(ccc(/C=C/c5ccccc5)c4O)C[C@H]3[C@H](O)[C@H]2CC1=O. The van der Waals surface area contributed by atoms with E-state index in [9.17, 15) is 39.9 Å². The summed E-state index contributed by atoms with van der Waals surface area (Å²) in [5, 5.41) is 55.1. The summed E-state index contributed by atoms with van der Waals surface area (Å²) >= 11 is 0. The lowest BCUT2D eigenvalue weighted by Gasteiger charge is -2.48. The minimum atomic E-state index is -2.84. The highest BCUT2D eigenvalue weighted by Gasteiger charge is 2.63. The second kappa shape index (κ2) is 8.18. The summed E-state index contributed by atoms with van der Waals surface area (Å²) in [7, 11) is 0. The molecule has 3 aliphatic rings. The first kappa shape index (κ1) is 23.5. The fourth-order valence-electron chi connectivity index (χ4n) is 5.52. The minimum absolute atomic E-state index is 0.0196. The average molecular weight is 489 g/mol. The van der Waals surface area contributed by atoms with Gasteiger partial charge in [-0.05, 0) is 17.5 Å². The smallest absolute Gasteiger partial charge is 0.255 e. The lowest BCUT2D eigenvalue weighted by molar-refractivity contribution is -0.159. The van der Waals surface area contributed by atoms with Crippen molar-refractivity contribution in [3.63, 3.8) is 0 Å². The molecule has 0 aliphatic heterocycles. The van der Waals surface area contributed by atoms with Crippen LogP contribution < -0.4 is 5.73 Å². The monoisotopic (exact) mass is 489 g/mol. The van der Waals surface area contributed by atoms with E-state index < -0.39 is 70.1 Å². The number of phenols is 1. The number of aliphatic hydroxyl groups is 4. The Labute approximate surface area is 205 Å². The molecule has 0 aromatic heterocycles. The molecule has 2 aromatic rings. The number of fused-ring (bicyclic) bond motifs is 3. The van der Waals surface area contributed by atoms with Crippen LogP contribution in [0, 0.1) is 11.8 Å². The van der Waals surface area contributed by atoms with Crippen molar-refractivity contribution in [1.82, 2.24) is 0 Å². The minimum Gasteiger partial charge on any atom is -0.508 e. The molecule has 0 radical (unpaired) electrons. The van der Waals surface area contributed by atoms with Gasteiger partial charge in [0.2, 0.25) is 5.78 Å². The molecule has 36 heavy (non-hydrogen) atoms. The van der Waals surface area contributed by atoms with Gasteiger partial charge in [0.1, 0.15) is 22.8 Å². The third-order valence-corrected chi connectivity index (χ3v) is 7.33. The van der Waals surface area contributed by atoms with Gasteiger partial charge in [-0.2, -0.15) is 0 Å². The number of rotatable bonds is 3. The van der Waals surface area contributed by atoms with E-state index in [1.54, 1.807) is 24.3 Å². The predicted molar refractivity (Wildman–Crippen MR) is 128 cm³/mol. The van der Waals surface area contributed by atoms with Gasteiger partial charge in [0.15, 0.2) is 11.4 Å². The third kappa shape index (κ3) is 3.20. The Morgan fingerprint density at radius 1 is 1.00 bits per heavy atom. The summed E-state index contributed by atoms with van der Waals surface area (Å²) in [6.45, 7) is 0. The van der Waals surface area contributed by atoms with Crippen LogP contribution in [0.1, 0.15) is 28.7 Å². The van der Waals surface area contributed by atoms with E-state index >= 15 is 0 Å². The molecule has 1 saturated carbocycles. The number of phenolic OH excluding ortho intramolecular Hbond substituents is 1. The molecular weight excluding hydrogens is 466 g/mol. The summed E-state index contributed by atoms with van der Waals surface area (Å²) in [6, 6.07) is 12.6. The van der Waals surface area contributed by atoms with Crippen molar-refractivity contribution < 1.29 is 39.9 Å². The number of ketones is 2. The van der Waals surface area contributed by atoms with Crippen LogP contribution in [0.3, 0.4) is 0 Å². The Kier molecular flexibility index (Phi) is 5.35. The van der Waals surface area contributed by atoms with Crippen LogP contribution in [0.25, 0.3) is 17.9 Å². The zero-order valence-electron chi connectivity index (χ0n) is 18.9. The molecule has 0 unspecified atom stereocenters. The highest BCUT2D eigenvalue weighted by molar-refractivity contribution is 6.22. The molecule has 9 heteroatoms. The third-order valence-electron chi connectivity index (χ3n) is 7.33. The van der Waals surface area contributed by atoms with Crippen molar-refractivity contribution in [1.29, 1.82) is 0 Å². The molecule has 184 valence electrons. The van der Waals surface area contributed by atoms with E-state index in [2.05, 4.69) is 0 Å². The number of benzene rings is 2. The van der Waals surface area contributed by atoms with Gasteiger partial charge in [-0.1, -0.05) is 54.6 Å². The molecule has 2 aromatic carbocycles. The van der Waals surface area contributed by atoms with Gasteiger partial charge >= 0.3 is 0 Å². The van der Waals surface area contributed by atoms with Crippen LogP contribution in [0.2, 0.25) is 0 Å². The molecular formula is C27H23NO8. The normalized spacial score (nSPS) is 27.7. The lowest BCUT2D eigenvalue weighted by atomic mass is 9.58. The van der Waals surface area contributed by atoms with Gasteiger partial charge in [0.25, 0.3) is 5.91 Å². The zero-order chi connectivity index (χ0) is 25.9. The molecule has 1 fully saturated rings. The van der Waals surface area contributed by atoms with Crippen molar-refractivity contribution in [2.24, 2.45) is 17.6 Å². The van der Waals surface area contributed by atoms with E-state index in [-0.39, 0.29) is 17.7 Å². The van der Waals surface area contributed by atoms with Crippen molar-refractivity contribution in [2.45, 2.75) is 24.5 Å². The first-order chi connectivity index (χ1) is 17.1. The largest absolute Gasteiger partial charge is 0.508 e. The maximum absolute atomic E-state index is 13.5. The molecule has 0 bridgehead atoms. The van der Waals surface area contributed by atoms with Crippen LogP contribution in [0.15, 0.2) is 59.4 Å². The maximum atomic E-state index is 13.5. The van der Waals surface area contributed by atoms with E-state index in [1.807, 2.05) is 30.3 Å². The number of primary amides is 1. The van der Waals surface area contributed by atoms with Crippen molar-refractivity contribution in [2.75, 3.05) is 0 Å². The van der Waals surface area contributed by atoms with Crippen LogP contribution in [0.4, 0.5) is 0 Å². The Morgan fingerprint density at radius 3 is 2.36 bits per heavy atom. The summed E-state index contributed by atoms with van der Waals surface area (Å²) in [5.74, 6) is -8.07. The standard InChI is InChI=1S/C27H23NO8/c28-26(35)20-17(29)11-16-22(31)15-10-14-9-8-13(7-6-12-4-2-1-3-5-12)21(30)18(14)23(32)19(15)24(33)27(16,36)25(20)34/h1-9,15-16,22,30-32,34,36H,10-11H2,(H2,28,35)/b7-6+/t15-,16-,22+,27+/m1/s1. The molecule has 0 saturated heterocycles. The fourth-order valence-corrected chi connectivity index (χ4v) is 5.52. The van der Waals surface area contributed by atoms with Gasteiger partial charge < -0.3 is 31.3 Å². The Morgan fingerprint density at radius 2 is 1.69 bits per heavy atom. The van der Waals surface area contributed by atoms with Crippen molar-refractivity contribution in [3.8, 4) is 5.75 Å². The molecule has 0 spiro atoms. The predicted octanol–water partition coefficient (Wildman–Crippen LogP) is 1.57. The summed E-state index contributed by atoms with van der Waals surface area (Å²) in [5.41, 5.74) is 2.65. The number of carbonyl (C=O) groups excluding carboxylic acids is 3. The van der Waals surface area contributed by atoms with Crippen LogP contribution in [-0.2, 0) is 20.8 Å². The number of Topliss-reactive ketones (excluding diaryl/α,β-unsaturated/α-hetero) is 2. The molecule has 5 rings (SSSR count). The highest BCUT2D eigenvalue weighted by Crippen LogP contribution is 2.52. The summed E-state index contributed by atoms with van der Waals surface area (Å²) < 4.78 is 0. The van der Waals surface area contributed by atoms with Crippen molar-refractivity contribution >= 4 is 35.4 Å². The topological polar surface area (TPSA) is 178 Å². The first-order valence-corrected chi connectivity index (χ1v) is 11.3. The van der Waals surface area contributed by atoms with Gasteiger partial charge in [0.05, 0.1) is 11.7 Å². The molecule has 0 heterocycles. The number of hydrogen-bond acceptors (Lipinski definition) is 8. The number of carbonyl (C=O) groups is 3. The number of nitrogens with two attached hydrogens (primary N) is 1. The molecule has 9 nitrogen and oxygen atoms in total. The van der Waals surface area contributed by atoms with E-state index in [0.717, 1.165) is 5.56 Å². The quantitative estimate of drug-likeness (QED) is 0.278. The van der Waals surface area contributed by atoms with Gasteiger partial charge in [-0.3, -0.25) is 14.4 Å². The second-order valence-corrected chi connectivity index (χ2v) is 9.26. The Balaban J connectivity index is 1.64. The van der Waals surface area contributed by atoms with Crippen molar-refractivity contribution in [3.05, 3.63) is 81.6 Å². The second-order valence-electron chi connectivity index (χ2n) is 9.26. The number of aliphatic hydroxyl groups excluding tert-OH is 3. The van der Waals surface area contributed by atoms with Crippen LogP contribution in [-0.4, -0.2) is 54.7 Å². The zero-order valence-corrected chi connectivity index (χ0v) is 18.9. The van der Waals surface area contributed by atoms with E-state index in [0.29, 0.717) is 11.1 Å². The van der Waals surface area contributed by atoms with Gasteiger partial charge in [0, 0.05) is 29.4 Å². The number of hydrogen-bond donors (Lipinski definition) is 6. The lowest BCUT2D eigenvalue weighted by Crippen LogP contribution is -2.63. The van der Waals surface area contributed by atoms with E-state index in [1.165, 1.54) is 0 Å². The Bertz CT molecular complexity index is 1420. The average Bonchev–Trinajstić information content (AvgIpc) is 2.84. The summed E-state index contributed by atoms with van der Waals surface area (Å²) in [4.78, 5) is 37.7. The van der Waals surface area contributed by atoms with Crippen LogP contribution >= 0.6 is 0 Å². The number of aromatic hydroxyl groups is 1. The van der Waals surface area contributed by atoms with E-state index in [4.69, 9.17) is 5.73 Å². The molecule has 7 N–H and O–H groups in total. The first-order valence-electron chi connectivity index (χ1n) is 11.3. The highest BCUT2D eigenvalue weighted by atomic mass is 16.4. The molecule has 4 atom stereocenters. The van der Waals surface area contributed by atoms with Gasteiger partial charge in [-0.25, -0.2) is 0 Å².